The van der Waals surface area contributed by atoms with Crippen LogP contribution in [0.15, 0.2) is 83.9 Å². The van der Waals surface area contributed by atoms with Gasteiger partial charge < -0.3 is 19.7 Å². The maximum absolute atomic E-state index is 14.0. The summed E-state index contributed by atoms with van der Waals surface area (Å²) in [6.07, 6.45) is 5.58. The molecule has 0 aromatic heterocycles. The minimum Gasteiger partial charge on any atom is -0.506 e. The largest absolute Gasteiger partial charge is 0.506 e. The molecule has 274 valence electrons. The Labute approximate surface area is 315 Å². The summed E-state index contributed by atoms with van der Waals surface area (Å²) >= 11 is 12.7. The van der Waals surface area contributed by atoms with Gasteiger partial charge in [-0.25, -0.2) is 0 Å². The van der Waals surface area contributed by atoms with E-state index in [9.17, 15) is 10.2 Å². The molecular weight excluding hydrogens is 677 g/mol. The highest BCUT2D eigenvalue weighted by molar-refractivity contribution is 6.36. The van der Waals surface area contributed by atoms with Gasteiger partial charge in [-0.05, 0) is 83.2 Å². The topological polar surface area (TPSA) is 71.3 Å². The van der Waals surface area contributed by atoms with Crippen molar-refractivity contribution in [2.24, 2.45) is 4.99 Å². The predicted octanol–water partition coefficient (Wildman–Crippen LogP) is 11.6. The Morgan fingerprint density at radius 2 is 1.24 bits per heavy atom. The van der Waals surface area contributed by atoms with Crippen molar-refractivity contribution in [3.8, 4) is 17.2 Å². The lowest BCUT2D eigenvalue weighted by atomic mass is 9.73. The van der Waals surface area contributed by atoms with E-state index in [1.807, 2.05) is 42.5 Å². The number of phenolic OH excluding ortho intramolecular Hbond substituents is 1. The Bertz CT molecular complexity index is 1700. The standard InChI is InChI=1S/C44H55Cl2NO4/c1-9-11-22-50-38-20-18-32(42(3,4)5)26-35(38)44(49,36-27-33(43(6,7)8)19-21-39(36)51-23-12-10-2)40(24-30-16-14-13-15-17-30)47-29-31-25-34(45)28-37(46)41(31)48/h13-21,25-29,40,48-49H,9-12,22-24H2,1-8H3. The van der Waals surface area contributed by atoms with E-state index in [4.69, 9.17) is 37.7 Å². The smallest absolute Gasteiger partial charge is 0.144 e. The van der Waals surface area contributed by atoms with E-state index in [2.05, 4.69) is 79.7 Å². The number of hydrogen-bond acceptors (Lipinski definition) is 5. The molecule has 0 heterocycles. The zero-order chi connectivity index (χ0) is 37.4. The van der Waals surface area contributed by atoms with E-state index >= 15 is 0 Å². The third-order valence-electron chi connectivity index (χ3n) is 9.23. The van der Waals surface area contributed by atoms with Crippen molar-refractivity contribution in [3.05, 3.63) is 122 Å². The highest BCUT2D eigenvalue weighted by Crippen LogP contribution is 2.47. The molecule has 0 saturated carbocycles. The molecule has 4 aromatic carbocycles. The van der Waals surface area contributed by atoms with Gasteiger partial charge in [0.1, 0.15) is 22.8 Å². The second kappa shape index (κ2) is 17.3. The second-order valence-corrected chi connectivity index (χ2v) is 16.2. The first-order valence-electron chi connectivity index (χ1n) is 18.1. The van der Waals surface area contributed by atoms with Gasteiger partial charge in [-0.15, -0.1) is 0 Å². The van der Waals surface area contributed by atoms with Crippen LogP contribution >= 0.6 is 23.2 Å². The molecule has 5 nitrogen and oxygen atoms in total. The summed E-state index contributed by atoms with van der Waals surface area (Å²) < 4.78 is 13.1. The first-order chi connectivity index (χ1) is 24.1. The number of benzene rings is 4. The molecule has 0 aliphatic heterocycles. The number of halogens is 2. The van der Waals surface area contributed by atoms with Crippen LogP contribution in [0, 0.1) is 0 Å². The number of aromatic hydroxyl groups is 1. The fourth-order valence-electron chi connectivity index (χ4n) is 6.00. The number of rotatable bonds is 15. The molecule has 0 fully saturated rings. The van der Waals surface area contributed by atoms with Crippen molar-refractivity contribution in [1.82, 2.24) is 0 Å². The van der Waals surface area contributed by atoms with Crippen LogP contribution in [0.5, 0.6) is 17.2 Å². The summed E-state index contributed by atoms with van der Waals surface area (Å²) in [4.78, 5) is 5.15. The summed E-state index contributed by atoms with van der Waals surface area (Å²) in [5, 5.41) is 25.4. The average Bonchev–Trinajstić information content (AvgIpc) is 3.08. The fourth-order valence-corrected chi connectivity index (χ4v) is 6.51. The van der Waals surface area contributed by atoms with Crippen molar-refractivity contribution in [3.63, 3.8) is 0 Å². The number of ether oxygens (including phenoxy) is 2. The van der Waals surface area contributed by atoms with E-state index in [-0.39, 0.29) is 21.6 Å². The van der Waals surface area contributed by atoms with Crippen molar-refractivity contribution < 1.29 is 19.7 Å². The Morgan fingerprint density at radius 3 is 1.71 bits per heavy atom. The Hall–Kier alpha value is -3.51. The molecule has 51 heavy (non-hydrogen) atoms. The summed E-state index contributed by atoms with van der Waals surface area (Å²) in [6.45, 7) is 18.2. The molecular formula is C44H55Cl2NO4. The first kappa shape index (κ1) is 40.3. The molecule has 0 spiro atoms. The lowest BCUT2D eigenvalue weighted by Crippen LogP contribution is -2.42. The van der Waals surface area contributed by atoms with E-state index in [1.54, 1.807) is 12.3 Å². The number of aliphatic imine (C=N–C) groups is 1. The summed E-state index contributed by atoms with van der Waals surface area (Å²) in [5.74, 6) is 1.03. The van der Waals surface area contributed by atoms with Crippen LogP contribution in [0.1, 0.15) is 114 Å². The van der Waals surface area contributed by atoms with Gasteiger partial charge in [0.05, 0.1) is 24.3 Å². The maximum atomic E-state index is 14.0. The Morgan fingerprint density at radius 1 is 0.725 bits per heavy atom. The van der Waals surface area contributed by atoms with Crippen LogP contribution in [0.3, 0.4) is 0 Å². The molecule has 0 saturated heterocycles. The van der Waals surface area contributed by atoms with Crippen LogP contribution in [0.2, 0.25) is 10.0 Å². The van der Waals surface area contributed by atoms with Gasteiger partial charge in [0.15, 0.2) is 0 Å². The lowest BCUT2D eigenvalue weighted by molar-refractivity contribution is 0.0460. The number of nitrogens with zero attached hydrogens (tertiary/aromatic N) is 1. The predicted molar refractivity (Wildman–Crippen MR) is 214 cm³/mol. The van der Waals surface area contributed by atoms with Crippen LogP contribution in [-0.2, 0) is 22.9 Å². The van der Waals surface area contributed by atoms with E-state index < -0.39 is 11.6 Å². The molecule has 0 bridgehead atoms. The number of unbranched alkanes of at least 4 members (excludes halogenated alkanes) is 2. The first-order valence-corrected chi connectivity index (χ1v) is 18.9. The Balaban J connectivity index is 2.15. The molecule has 0 aliphatic carbocycles. The van der Waals surface area contributed by atoms with Gasteiger partial charge >= 0.3 is 0 Å². The zero-order valence-electron chi connectivity index (χ0n) is 31.5. The van der Waals surface area contributed by atoms with Crippen LogP contribution in [-0.4, -0.2) is 35.7 Å². The van der Waals surface area contributed by atoms with Crippen LogP contribution in [0.25, 0.3) is 0 Å². The SMILES string of the molecule is CCCCOc1ccc(C(C)(C)C)cc1C(O)(c1cc(C(C)(C)C)ccc1OCCCC)C(Cc1ccccc1)N=Cc1cc(Cl)cc(Cl)c1O. The third kappa shape index (κ3) is 10.1. The summed E-state index contributed by atoms with van der Waals surface area (Å²) in [6, 6.07) is 24.5. The molecule has 0 radical (unpaired) electrons. The fraction of sp³-hybridized carbons (Fsp3) is 0.432. The highest BCUT2D eigenvalue weighted by Gasteiger charge is 2.45. The quantitative estimate of drug-likeness (QED) is 0.0943. The monoisotopic (exact) mass is 731 g/mol. The minimum absolute atomic E-state index is 0.118. The molecule has 1 atom stereocenters. The van der Waals surface area contributed by atoms with Gasteiger partial charge in [-0.1, -0.05) is 134 Å². The van der Waals surface area contributed by atoms with Gasteiger partial charge in [-0.3, -0.25) is 4.99 Å². The number of phenols is 1. The van der Waals surface area contributed by atoms with Crippen molar-refractivity contribution in [2.75, 3.05) is 13.2 Å². The highest BCUT2D eigenvalue weighted by atomic mass is 35.5. The molecule has 2 N–H and O–H groups in total. The minimum atomic E-state index is -1.78. The molecule has 4 aromatic rings. The molecule has 0 amide bonds. The van der Waals surface area contributed by atoms with E-state index in [0.29, 0.717) is 52.8 Å². The zero-order valence-corrected chi connectivity index (χ0v) is 33.0. The van der Waals surface area contributed by atoms with Crippen molar-refractivity contribution in [1.29, 1.82) is 0 Å². The normalized spacial score (nSPS) is 13.1. The van der Waals surface area contributed by atoms with Gasteiger partial charge in [0, 0.05) is 27.9 Å². The molecule has 4 rings (SSSR count). The number of hydrogen-bond donors (Lipinski definition) is 2. The lowest BCUT2D eigenvalue weighted by Gasteiger charge is -2.39. The maximum Gasteiger partial charge on any atom is 0.144 e. The summed E-state index contributed by atoms with van der Waals surface area (Å²) in [5.41, 5.74) is 2.37. The third-order valence-corrected chi connectivity index (χ3v) is 9.74. The summed E-state index contributed by atoms with van der Waals surface area (Å²) in [7, 11) is 0. The molecule has 7 heteroatoms. The van der Waals surface area contributed by atoms with Crippen LogP contribution < -0.4 is 9.47 Å². The van der Waals surface area contributed by atoms with Gasteiger partial charge in [0.2, 0.25) is 0 Å². The van der Waals surface area contributed by atoms with Crippen molar-refractivity contribution >= 4 is 29.4 Å². The van der Waals surface area contributed by atoms with Gasteiger partial charge in [0.25, 0.3) is 0 Å². The second-order valence-electron chi connectivity index (χ2n) is 15.4. The van der Waals surface area contributed by atoms with E-state index in [1.165, 1.54) is 6.07 Å². The number of aliphatic hydroxyl groups is 1. The van der Waals surface area contributed by atoms with E-state index in [0.717, 1.165) is 42.4 Å². The van der Waals surface area contributed by atoms with Crippen molar-refractivity contribution in [2.45, 2.75) is 110 Å². The molecule has 0 aliphatic rings. The molecule has 1 unspecified atom stereocenters. The van der Waals surface area contributed by atoms with Gasteiger partial charge in [-0.2, -0.15) is 0 Å². The Kier molecular flexibility index (Phi) is 13.7. The average molecular weight is 733 g/mol. The van der Waals surface area contributed by atoms with Crippen LogP contribution in [0.4, 0.5) is 0 Å².